The fourth-order valence-corrected chi connectivity index (χ4v) is 2.97. The number of nitrogens with two attached hydrogens (primary N) is 1. The van der Waals surface area contributed by atoms with Crippen LogP contribution in [0.4, 0.5) is 5.82 Å². The fraction of sp³-hybridized carbons (Fsp3) is 0.308. The Kier molecular flexibility index (Phi) is 4.10. The average molecular weight is 294 g/mol. The number of nitrogens with one attached hydrogen (secondary N) is 1. The van der Waals surface area contributed by atoms with E-state index in [-0.39, 0.29) is 17.5 Å². The molecule has 2 heterocycles. The van der Waals surface area contributed by atoms with E-state index < -0.39 is 10.0 Å². The van der Waals surface area contributed by atoms with Crippen LogP contribution >= 0.6 is 0 Å². The third kappa shape index (κ3) is 3.00. The lowest BCUT2D eigenvalue weighted by molar-refractivity contribution is 0.573. The molecule has 6 nitrogen and oxygen atoms in total. The quantitative estimate of drug-likeness (QED) is 0.878. The van der Waals surface area contributed by atoms with Crippen LogP contribution in [0, 0.1) is 0 Å². The molecule has 108 valence electrons. The summed E-state index contributed by atoms with van der Waals surface area (Å²) in [4.78, 5) is 4.14. The van der Waals surface area contributed by atoms with E-state index in [4.69, 9.17) is 5.73 Å². The molecule has 0 atom stereocenters. The van der Waals surface area contributed by atoms with Gasteiger partial charge in [0.15, 0.2) is 0 Å². The predicted molar refractivity (Wildman–Crippen MR) is 77.8 cm³/mol. The Balaban J connectivity index is 2.35. The van der Waals surface area contributed by atoms with Crippen LogP contribution in [-0.4, -0.2) is 18.0 Å². The van der Waals surface area contributed by atoms with E-state index in [2.05, 4.69) is 9.71 Å². The lowest BCUT2D eigenvalue weighted by atomic mass is 10.3. The largest absolute Gasteiger partial charge is 0.346 e. The molecule has 0 bridgehead atoms. The zero-order valence-corrected chi connectivity index (χ0v) is 12.3. The highest BCUT2D eigenvalue weighted by atomic mass is 32.2. The number of nitrogens with zero attached hydrogens (tertiary/aromatic N) is 2. The van der Waals surface area contributed by atoms with Gasteiger partial charge in [-0.15, -0.1) is 0 Å². The molecule has 0 radical (unpaired) electrons. The highest BCUT2D eigenvalue weighted by Crippen LogP contribution is 2.20. The maximum atomic E-state index is 12.3. The molecule has 0 fully saturated rings. The number of hydrogen-bond acceptors (Lipinski definition) is 4. The van der Waals surface area contributed by atoms with E-state index >= 15 is 0 Å². The van der Waals surface area contributed by atoms with Gasteiger partial charge >= 0.3 is 0 Å². The van der Waals surface area contributed by atoms with Crippen LogP contribution in [0.15, 0.2) is 41.6 Å². The summed E-state index contributed by atoms with van der Waals surface area (Å²) in [5, 5.41) is 0. The molecule has 0 saturated carbocycles. The Bertz CT molecular complexity index is 678. The summed E-state index contributed by atoms with van der Waals surface area (Å²) in [6.07, 6.45) is 3.13. The Labute approximate surface area is 118 Å². The van der Waals surface area contributed by atoms with Crippen LogP contribution in [0.5, 0.6) is 0 Å². The van der Waals surface area contributed by atoms with E-state index in [0.29, 0.717) is 5.82 Å². The van der Waals surface area contributed by atoms with Crippen molar-refractivity contribution in [2.45, 2.75) is 31.3 Å². The third-order valence-corrected chi connectivity index (χ3v) is 4.21. The average Bonchev–Trinajstić information content (AvgIpc) is 2.84. The first kappa shape index (κ1) is 14.5. The summed E-state index contributed by atoms with van der Waals surface area (Å²) in [5.74, 6) is 0.291. The van der Waals surface area contributed by atoms with Gasteiger partial charge in [0, 0.05) is 30.7 Å². The molecular weight excluding hydrogens is 276 g/mol. The predicted octanol–water partition coefficient (Wildman–Crippen LogP) is 1.72. The van der Waals surface area contributed by atoms with E-state index in [1.54, 1.807) is 30.5 Å². The molecule has 0 aromatic carbocycles. The maximum Gasteiger partial charge on any atom is 0.264 e. The first-order valence-electron chi connectivity index (χ1n) is 6.28. The van der Waals surface area contributed by atoms with Gasteiger partial charge in [0.2, 0.25) is 0 Å². The highest BCUT2D eigenvalue weighted by Gasteiger charge is 2.19. The Morgan fingerprint density at radius 3 is 2.65 bits per heavy atom. The second-order valence-corrected chi connectivity index (χ2v) is 6.38. The molecule has 2 rings (SSSR count). The SMILES string of the molecule is CC(C)n1cc(S(=O)(=O)Nc2ccccn2)cc1CN. The molecule has 0 aliphatic carbocycles. The van der Waals surface area contributed by atoms with Gasteiger partial charge in [-0.25, -0.2) is 13.4 Å². The van der Waals surface area contributed by atoms with Crippen molar-refractivity contribution >= 4 is 15.8 Å². The van der Waals surface area contributed by atoms with Crippen molar-refractivity contribution in [2.24, 2.45) is 5.73 Å². The van der Waals surface area contributed by atoms with E-state index in [1.807, 2.05) is 18.4 Å². The summed E-state index contributed by atoms with van der Waals surface area (Å²) in [5.41, 5.74) is 6.43. The molecule has 0 saturated heterocycles. The van der Waals surface area contributed by atoms with Crippen molar-refractivity contribution in [3.05, 3.63) is 42.4 Å². The third-order valence-electron chi connectivity index (χ3n) is 2.89. The van der Waals surface area contributed by atoms with Gasteiger partial charge in [-0.05, 0) is 32.0 Å². The van der Waals surface area contributed by atoms with Crippen molar-refractivity contribution < 1.29 is 8.42 Å². The van der Waals surface area contributed by atoms with Gasteiger partial charge < -0.3 is 10.3 Å². The van der Waals surface area contributed by atoms with Gasteiger partial charge in [0.1, 0.15) is 10.7 Å². The van der Waals surface area contributed by atoms with Crippen LogP contribution in [0.25, 0.3) is 0 Å². The standard InChI is InChI=1S/C13H18N4O2S/c1-10(2)17-9-12(7-11(17)8-14)20(18,19)16-13-5-3-4-6-15-13/h3-7,9-10H,8,14H2,1-2H3,(H,15,16). The summed E-state index contributed by atoms with van der Waals surface area (Å²) in [6, 6.07) is 6.77. The van der Waals surface area contributed by atoms with E-state index in [9.17, 15) is 8.42 Å². The van der Waals surface area contributed by atoms with Crippen molar-refractivity contribution in [1.82, 2.24) is 9.55 Å². The zero-order chi connectivity index (χ0) is 14.8. The number of hydrogen-bond donors (Lipinski definition) is 2. The molecule has 0 aliphatic rings. The molecule has 0 amide bonds. The van der Waals surface area contributed by atoms with Crippen molar-refractivity contribution in [1.29, 1.82) is 0 Å². The highest BCUT2D eigenvalue weighted by molar-refractivity contribution is 7.92. The lowest BCUT2D eigenvalue weighted by Gasteiger charge is -2.10. The molecule has 3 N–H and O–H groups in total. The number of pyridine rings is 1. The van der Waals surface area contributed by atoms with Crippen LogP contribution < -0.4 is 10.5 Å². The zero-order valence-electron chi connectivity index (χ0n) is 11.4. The molecule has 0 unspecified atom stereocenters. The van der Waals surface area contributed by atoms with Gasteiger partial charge in [0.25, 0.3) is 10.0 Å². The van der Waals surface area contributed by atoms with E-state index in [0.717, 1.165) is 5.69 Å². The first-order chi connectivity index (χ1) is 9.44. The van der Waals surface area contributed by atoms with Crippen LogP contribution in [0.1, 0.15) is 25.6 Å². The van der Waals surface area contributed by atoms with E-state index in [1.165, 1.54) is 6.20 Å². The molecule has 20 heavy (non-hydrogen) atoms. The van der Waals surface area contributed by atoms with Gasteiger partial charge in [-0.3, -0.25) is 4.72 Å². The minimum Gasteiger partial charge on any atom is -0.346 e. The topological polar surface area (TPSA) is 90.0 Å². The Morgan fingerprint density at radius 1 is 1.40 bits per heavy atom. The first-order valence-corrected chi connectivity index (χ1v) is 7.77. The lowest BCUT2D eigenvalue weighted by Crippen LogP contribution is -2.13. The van der Waals surface area contributed by atoms with Gasteiger partial charge in [0.05, 0.1) is 0 Å². The van der Waals surface area contributed by atoms with Gasteiger partial charge in [-0.2, -0.15) is 0 Å². The second-order valence-electron chi connectivity index (χ2n) is 4.69. The fourth-order valence-electron chi connectivity index (χ4n) is 1.91. The Morgan fingerprint density at radius 2 is 2.15 bits per heavy atom. The summed E-state index contributed by atoms with van der Waals surface area (Å²) in [6.45, 7) is 4.24. The molecule has 0 spiro atoms. The number of sulfonamides is 1. The summed E-state index contributed by atoms with van der Waals surface area (Å²) >= 11 is 0. The minimum atomic E-state index is -3.65. The number of anilines is 1. The molecular formula is C13H18N4O2S. The number of aromatic nitrogens is 2. The smallest absolute Gasteiger partial charge is 0.264 e. The van der Waals surface area contributed by atoms with Crippen molar-refractivity contribution in [3.63, 3.8) is 0 Å². The van der Waals surface area contributed by atoms with Crippen molar-refractivity contribution in [2.75, 3.05) is 4.72 Å². The molecule has 0 aliphatic heterocycles. The van der Waals surface area contributed by atoms with Crippen molar-refractivity contribution in [3.8, 4) is 0 Å². The van der Waals surface area contributed by atoms with Gasteiger partial charge in [-0.1, -0.05) is 6.07 Å². The summed E-state index contributed by atoms with van der Waals surface area (Å²) < 4.78 is 28.9. The minimum absolute atomic E-state index is 0.146. The summed E-state index contributed by atoms with van der Waals surface area (Å²) in [7, 11) is -3.65. The normalized spacial score (nSPS) is 11.8. The molecule has 2 aromatic heterocycles. The Hall–Kier alpha value is -1.86. The molecule has 7 heteroatoms. The number of rotatable bonds is 5. The maximum absolute atomic E-state index is 12.3. The monoisotopic (exact) mass is 294 g/mol. The molecule has 2 aromatic rings. The second kappa shape index (κ2) is 5.64. The van der Waals surface area contributed by atoms with Crippen LogP contribution in [0.3, 0.4) is 0 Å². The van der Waals surface area contributed by atoms with Crippen LogP contribution in [0.2, 0.25) is 0 Å². The van der Waals surface area contributed by atoms with Crippen LogP contribution in [-0.2, 0) is 16.6 Å².